The monoisotopic (exact) mass is 250 g/mol. The smallest absolute Gasteiger partial charge is 0.161 e. The fraction of sp³-hybridized carbons (Fsp3) is 0.600. The van der Waals surface area contributed by atoms with E-state index in [0.29, 0.717) is 19.1 Å². The van der Waals surface area contributed by atoms with E-state index < -0.39 is 0 Å². The maximum Gasteiger partial charge on any atom is 0.161 e. The summed E-state index contributed by atoms with van der Waals surface area (Å²) in [7, 11) is 0. The number of rotatable bonds is 3. The van der Waals surface area contributed by atoms with E-state index >= 15 is 0 Å². The molecule has 0 spiro atoms. The lowest BCUT2D eigenvalue weighted by Crippen LogP contribution is -2.21. The Bertz CT molecular complexity index is 407. The van der Waals surface area contributed by atoms with Crippen LogP contribution < -0.4 is 9.47 Å². The molecule has 2 rings (SSSR count). The fourth-order valence-corrected chi connectivity index (χ4v) is 2.51. The van der Waals surface area contributed by atoms with Crippen LogP contribution in [-0.2, 0) is 0 Å². The van der Waals surface area contributed by atoms with Gasteiger partial charge >= 0.3 is 0 Å². The van der Waals surface area contributed by atoms with Crippen molar-refractivity contribution in [2.45, 2.75) is 33.1 Å². The molecule has 0 radical (unpaired) electrons. The summed E-state index contributed by atoms with van der Waals surface area (Å²) >= 11 is 0. The standard InChI is InChI=1S/C15H22O3/c1-15(2,3)12(6-7-16)11-4-5-13-14(10-11)18-9-8-17-13/h4-5,10,12,16H,6-9H2,1-3H3. The van der Waals surface area contributed by atoms with E-state index in [2.05, 4.69) is 32.9 Å². The van der Waals surface area contributed by atoms with Crippen molar-refractivity contribution in [3.05, 3.63) is 23.8 Å². The van der Waals surface area contributed by atoms with Gasteiger partial charge in [0.15, 0.2) is 11.5 Å². The second-order valence-electron chi connectivity index (χ2n) is 5.83. The van der Waals surface area contributed by atoms with Crippen molar-refractivity contribution in [2.75, 3.05) is 19.8 Å². The first-order valence-electron chi connectivity index (χ1n) is 6.53. The molecular formula is C15H22O3. The zero-order valence-corrected chi connectivity index (χ0v) is 11.4. The molecule has 1 N–H and O–H groups in total. The van der Waals surface area contributed by atoms with Gasteiger partial charge in [0.25, 0.3) is 0 Å². The Morgan fingerprint density at radius 2 is 1.83 bits per heavy atom. The topological polar surface area (TPSA) is 38.7 Å². The number of hydrogen-bond donors (Lipinski definition) is 1. The van der Waals surface area contributed by atoms with Crippen molar-refractivity contribution in [1.82, 2.24) is 0 Å². The van der Waals surface area contributed by atoms with Crippen molar-refractivity contribution in [3.63, 3.8) is 0 Å². The number of aliphatic hydroxyl groups excluding tert-OH is 1. The molecule has 1 aliphatic heterocycles. The molecule has 1 atom stereocenters. The quantitative estimate of drug-likeness (QED) is 0.896. The van der Waals surface area contributed by atoms with Crippen LogP contribution in [0.4, 0.5) is 0 Å². The van der Waals surface area contributed by atoms with Crippen LogP contribution in [0.2, 0.25) is 0 Å². The Kier molecular flexibility index (Phi) is 3.81. The lowest BCUT2D eigenvalue weighted by atomic mass is 9.75. The van der Waals surface area contributed by atoms with E-state index in [1.807, 2.05) is 6.07 Å². The first-order chi connectivity index (χ1) is 8.52. The minimum Gasteiger partial charge on any atom is -0.486 e. The Balaban J connectivity index is 2.30. The van der Waals surface area contributed by atoms with Crippen LogP contribution in [0, 0.1) is 5.41 Å². The van der Waals surface area contributed by atoms with Crippen LogP contribution in [0.15, 0.2) is 18.2 Å². The van der Waals surface area contributed by atoms with Crippen molar-refractivity contribution in [2.24, 2.45) is 5.41 Å². The summed E-state index contributed by atoms with van der Waals surface area (Å²) in [6, 6.07) is 6.11. The maximum absolute atomic E-state index is 9.24. The SMILES string of the molecule is CC(C)(C)C(CCO)c1ccc2c(c1)OCCO2. The van der Waals surface area contributed by atoms with Crippen molar-refractivity contribution >= 4 is 0 Å². The molecule has 1 aliphatic rings. The molecule has 18 heavy (non-hydrogen) atoms. The van der Waals surface area contributed by atoms with Gasteiger partial charge in [0.05, 0.1) is 0 Å². The van der Waals surface area contributed by atoms with Gasteiger partial charge in [-0.25, -0.2) is 0 Å². The van der Waals surface area contributed by atoms with Crippen LogP contribution in [0.5, 0.6) is 11.5 Å². The van der Waals surface area contributed by atoms with Gasteiger partial charge < -0.3 is 14.6 Å². The average Bonchev–Trinajstić information content (AvgIpc) is 2.34. The summed E-state index contributed by atoms with van der Waals surface area (Å²) < 4.78 is 11.1. The molecule has 0 aliphatic carbocycles. The zero-order chi connectivity index (χ0) is 13.2. The van der Waals surface area contributed by atoms with Gasteiger partial charge in [0.1, 0.15) is 13.2 Å². The third-order valence-corrected chi connectivity index (χ3v) is 3.43. The molecule has 0 amide bonds. The summed E-state index contributed by atoms with van der Waals surface area (Å²) in [5, 5.41) is 9.24. The molecule has 1 heterocycles. The Morgan fingerprint density at radius 3 is 2.44 bits per heavy atom. The van der Waals surface area contributed by atoms with Crippen molar-refractivity contribution < 1.29 is 14.6 Å². The van der Waals surface area contributed by atoms with Crippen LogP contribution in [0.1, 0.15) is 38.7 Å². The predicted octanol–water partition coefficient (Wildman–Crippen LogP) is 2.97. The molecule has 0 fully saturated rings. The highest BCUT2D eigenvalue weighted by Gasteiger charge is 2.27. The molecule has 3 nitrogen and oxygen atoms in total. The molecule has 0 bridgehead atoms. The third kappa shape index (κ3) is 2.78. The summed E-state index contributed by atoms with van der Waals surface area (Å²) in [5.74, 6) is 1.96. The molecule has 1 aromatic carbocycles. The second-order valence-corrected chi connectivity index (χ2v) is 5.83. The maximum atomic E-state index is 9.24. The highest BCUT2D eigenvalue weighted by Crippen LogP contribution is 2.41. The normalized spacial score (nSPS) is 16.4. The highest BCUT2D eigenvalue weighted by molar-refractivity contribution is 5.45. The summed E-state index contributed by atoms with van der Waals surface area (Å²) in [4.78, 5) is 0. The Labute approximate surface area is 109 Å². The van der Waals surface area contributed by atoms with Gasteiger partial charge in [-0.1, -0.05) is 26.8 Å². The second kappa shape index (κ2) is 5.19. The van der Waals surface area contributed by atoms with E-state index in [-0.39, 0.29) is 12.0 Å². The molecule has 0 aromatic heterocycles. The average molecular weight is 250 g/mol. The molecule has 0 saturated carbocycles. The highest BCUT2D eigenvalue weighted by atomic mass is 16.6. The number of ether oxygens (including phenoxy) is 2. The van der Waals surface area contributed by atoms with E-state index in [9.17, 15) is 5.11 Å². The van der Waals surface area contributed by atoms with E-state index in [4.69, 9.17) is 9.47 Å². The summed E-state index contributed by atoms with van der Waals surface area (Å²) in [6.45, 7) is 8.02. The van der Waals surface area contributed by atoms with Crippen molar-refractivity contribution in [3.8, 4) is 11.5 Å². The number of hydrogen-bond acceptors (Lipinski definition) is 3. The molecular weight excluding hydrogens is 228 g/mol. The Morgan fingerprint density at radius 1 is 1.17 bits per heavy atom. The number of aliphatic hydroxyl groups is 1. The Hall–Kier alpha value is -1.22. The van der Waals surface area contributed by atoms with Gasteiger partial charge in [-0.2, -0.15) is 0 Å². The van der Waals surface area contributed by atoms with Crippen LogP contribution in [0.3, 0.4) is 0 Å². The first kappa shape index (κ1) is 13.2. The van der Waals surface area contributed by atoms with Crippen LogP contribution >= 0.6 is 0 Å². The summed E-state index contributed by atoms with van der Waals surface area (Å²) in [5.41, 5.74) is 1.33. The minimum absolute atomic E-state index is 0.118. The third-order valence-electron chi connectivity index (χ3n) is 3.43. The van der Waals surface area contributed by atoms with Gasteiger partial charge in [-0.15, -0.1) is 0 Å². The number of fused-ring (bicyclic) bond motifs is 1. The lowest BCUT2D eigenvalue weighted by molar-refractivity contribution is 0.170. The summed E-state index contributed by atoms with van der Waals surface area (Å²) in [6.07, 6.45) is 0.767. The predicted molar refractivity (Wildman–Crippen MR) is 71.3 cm³/mol. The molecule has 1 unspecified atom stereocenters. The van der Waals surface area contributed by atoms with E-state index in [1.165, 1.54) is 5.56 Å². The van der Waals surface area contributed by atoms with Gasteiger partial charge in [0.2, 0.25) is 0 Å². The minimum atomic E-state index is 0.118. The first-order valence-corrected chi connectivity index (χ1v) is 6.53. The van der Waals surface area contributed by atoms with E-state index in [0.717, 1.165) is 17.9 Å². The molecule has 100 valence electrons. The molecule has 1 aromatic rings. The molecule has 0 saturated heterocycles. The zero-order valence-electron chi connectivity index (χ0n) is 11.4. The number of benzene rings is 1. The fourth-order valence-electron chi connectivity index (χ4n) is 2.51. The lowest BCUT2D eigenvalue weighted by Gasteiger charge is -2.31. The largest absolute Gasteiger partial charge is 0.486 e. The van der Waals surface area contributed by atoms with Crippen molar-refractivity contribution in [1.29, 1.82) is 0 Å². The van der Waals surface area contributed by atoms with Gasteiger partial charge in [-0.3, -0.25) is 0 Å². The van der Waals surface area contributed by atoms with Gasteiger partial charge in [0, 0.05) is 6.61 Å². The molecule has 3 heteroatoms. The van der Waals surface area contributed by atoms with Crippen LogP contribution in [0.25, 0.3) is 0 Å². The van der Waals surface area contributed by atoms with Gasteiger partial charge in [-0.05, 0) is 35.4 Å². The van der Waals surface area contributed by atoms with Crippen LogP contribution in [-0.4, -0.2) is 24.9 Å². The van der Waals surface area contributed by atoms with E-state index in [1.54, 1.807) is 0 Å².